The number of hydrogen-bond acceptors (Lipinski definition) is 6. The number of halogens is 1. The van der Waals surface area contributed by atoms with Crippen molar-refractivity contribution in [1.82, 2.24) is 25.1 Å². The number of nitrogens with two attached hydrogens (primary N) is 1. The van der Waals surface area contributed by atoms with Crippen molar-refractivity contribution in [1.29, 1.82) is 0 Å². The Balaban J connectivity index is 1.94. The first kappa shape index (κ1) is 14.2. The van der Waals surface area contributed by atoms with Gasteiger partial charge in [-0.1, -0.05) is 11.6 Å². The Morgan fingerprint density at radius 2 is 2.30 bits per heavy atom. The molecule has 0 bridgehead atoms. The standard InChI is InChI=1S/C11H14ClN7O/c1-19-6-15-8(18-19)4-5-14-11(20)10-7(12)2-3-9(16-10)17-13/h2-3,6H,4-5,13H2,1H3,(H,14,20)(H,16,17). The molecule has 0 aliphatic carbocycles. The van der Waals surface area contributed by atoms with Crippen LogP contribution in [0.2, 0.25) is 5.02 Å². The molecule has 9 heteroatoms. The molecule has 0 spiro atoms. The number of nitrogens with zero attached hydrogens (tertiary/aromatic N) is 4. The fraction of sp³-hybridized carbons (Fsp3) is 0.273. The number of nitrogen functional groups attached to an aromatic ring is 1. The molecule has 0 unspecified atom stereocenters. The molecular formula is C11H14ClN7O. The van der Waals surface area contributed by atoms with Gasteiger partial charge in [-0.05, 0) is 12.1 Å². The fourth-order valence-corrected chi connectivity index (χ4v) is 1.74. The molecule has 2 rings (SSSR count). The van der Waals surface area contributed by atoms with Crippen LogP contribution in [0.25, 0.3) is 0 Å². The molecule has 20 heavy (non-hydrogen) atoms. The zero-order valence-electron chi connectivity index (χ0n) is 10.8. The van der Waals surface area contributed by atoms with Crippen molar-refractivity contribution in [2.75, 3.05) is 12.0 Å². The van der Waals surface area contributed by atoms with Crippen molar-refractivity contribution in [2.24, 2.45) is 12.9 Å². The number of aromatic nitrogens is 4. The van der Waals surface area contributed by atoms with Gasteiger partial charge < -0.3 is 10.7 Å². The lowest BCUT2D eigenvalue weighted by atomic mass is 10.3. The van der Waals surface area contributed by atoms with E-state index in [0.29, 0.717) is 24.6 Å². The molecule has 2 aromatic rings. The Bertz CT molecular complexity index is 613. The van der Waals surface area contributed by atoms with Gasteiger partial charge in [-0.2, -0.15) is 5.10 Å². The SMILES string of the molecule is Cn1cnc(CCNC(=O)c2nc(NN)ccc2Cl)n1. The first-order valence-electron chi connectivity index (χ1n) is 5.86. The molecule has 0 saturated carbocycles. The molecule has 2 heterocycles. The van der Waals surface area contributed by atoms with Crippen LogP contribution in [0.3, 0.4) is 0 Å². The van der Waals surface area contributed by atoms with Crippen molar-refractivity contribution < 1.29 is 4.79 Å². The van der Waals surface area contributed by atoms with Crippen LogP contribution in [0.1, 0.15) is 16.3 Å². The van der Waals surface area contributed by atoms with E-state index < -0.39 is 0 Å². The van der Waals surface area contributed by atoms with Crippen molar-refractivity contribution in [3.05, 3.63) is 35.0 Å². The van der Waals surface area contributed by atoms with Crippen LogP contribution < -0.4 is 16.6 Å². The van der Waals surface area contributed by atoms with Crippen LogP contribution >= 0.6 is 11.6 Å². The molecule has 2 aromatic heterocycles. The van der Waals surface area contributed by atoms with E-state index in [9.17, 15) is 4.79 Å². The van der Waals surface area contributed by atoms with Gasteiger partial charge in [0, 0.05) is 20.0 Å². The number of anilines is 1. The second-order valence-electron chi connectivity index (χ2n) is 4.01. The molecule has 0 fully saturated rings. The van der Waals surface area contributed by atoms with Gasteiger partial charge in [0.15, 0.2) is 5.82 Å². The Morgan fingerprint density at radius 3 is 2.95 bits per heavy atom. The monoisotopic (exact) mass is 295 g/mol. The Morgan fingerprint density at radius 1 is 1.50 bits per heavy atom. The number of amides is 1. The molecule has 0 radical (unpaired) electrons. The zero-order chi connectivity index (χ0) is 14.5. The highest BCUT2D eigenvalue weighted by atomic mass is 35.5. The van der Waals surface area contributed by atoms with Crippen LogP contribution in [0.4, 0.5) is 5.82 Å². The predicted molar refractivity (Wildman–Crippen MR) is 74.1 cm³/mol. The third-order valence-electron chi connectivity index (χ3n) is 2.49. The van der Waals surface area contributed by atoms with Crippen molar-refractivity contribution in [3.63, 3.8) is 0 Å². The number of pyridine rings is 1. The Hall–Kier alpha value is -2.19. The molecule has 0 aromatic carbocycles. The van der Waals surface area contributed by atoms with Crippen molar-refractivity contribution >= 4 is 23.3 Å². The molecule has 0 saturated heterocycles. The first-order valence-corrected chi connectivity index (χ1v) is 6.24. The highest BCUT2D eigenvalue weighted by Crippen LogP contribution is 2.15. The summed E-state index contributed by atoms with van der Waals surface area (Å²) in [5.41, 5.74) is 2.48. The average Bonchev–Trinajstić information content (AvgIpc) is 2.85. The van der Waals surface area contributed by atoms with E-state index in [0.717, 1.165) is 0 Å². The maximum absolute atomic E-state index is 12.0. The lowest BCUT2D eigenvalue weighted by Crippen LogP contribution is -2.27. The summed E-state index contributed by atoms with van der Waals surface area (Å²) in [6, 6.07) is 3.13. The predicted octanol–water partition coefficient (Wildman–Crippen LogP) is 0.122. The van der Waals surface area contributed by atoms with Gasteiger partial charge in [0.25, 0.3) is 5.91 Å². The second kappa shape index (κ2) is 6.31. The number of hydrazine groups is 1. The summed E-state index contributed by atoms with van der Waals surface area (Å²) in [5, 5.41) is 7.08. The first-order chi connectivity index (χ1) is 9.60. The maximum atomic E-state index is 12.0. The Labute approximate surface area is 120 Å². The van der Waals surface area contributed by atoms with E-state index in [-0.39, 0.29) is 16.6 Å². The third kappa shape index (κ3) is 3.43. The van der Waals surface area contributed by atoms with Gasteiger partial charge in [-0.3, -0.25) is 9.48 Å². The third-order valence-corrected chi connectivity index (χ3v) is 2.80. The number of carbonyl (C=O) groups excluding carboxylic acids is 1. The normalized spacial score (nSPS) is 10.3. The van der Waals surface area contributed by atoms with Crippen LogP contribution in [0, 0.1) is 0 Å². The fourth-order valence-electron chi connectivity index (χ4n) is 1.55. The number of aryl methyl sites for hydroxylation is 1. The lowest BCUT2D eigenvalue weighted by molar-refractivity contribution is 0.0949. The molecule has 0 aliphatic rings. The topological polar surface area (TPSA) is 111 Å². The van der Waals surface area contributed by atoms with Crippen molar-refractivity contribution in [3.8, 4) is 0 Å². The van der Waals surface area contributed by atoms with E-state index in [1.807, 2.05) is 0 Å². The van der Waals surface area contributed by atoms with E-state index in [1.54, 1.807) is 30.2 Å². The molecule has 0 aliphatic heterocycles. The quantitative estimate of drug-likeness (QED) is 0.534. The van der Waals surface area contributed by atoms with Crippen LogP contribution in [0.15, 0.2) is 18.5 Å². The largest absolute Gasteiger partial charge is 0.350 e. The van der Waals surface area contributed by atoms with Gasteiger partial charge in [0.05, 0.1) is 5.02 Å². The van der Waals surface area contributed by atoms with Gasteiger partial charge >= 0.3 is 0 Å². The lowest BCUT2D eigenvalue weighted by Gasteiger charge is -2.06. The second-order valence-corrected chi connectivity index (χ2v) is 4.42. The summed E-state index contributed by atoms with van der Waals surface area (Å²) in [6.07, 6.45) is 2.13. The number of nitrogens with one attached hydrogen (secondary N) is 2. The van der Waals surface area contributed by atoms with E-state index >= 15 is 0 Å². The van der Waals surface area contributed by atoms with Crippen LogP contribution in [-0.2, 0) is 13.5 Å². The van der Waals surface area contributed by atoms with E-state index in [1.165, 1.54) is 0 Å². The highest BCUT2D eigenvalue weighted by Gasteiger charge is 2.13. The summed E-state index contributed by atoms with van der Waals surface area (Å²) in [6.45, 7) is 0.390. The summed E-state index contributed by atoms with van der Waals surface area (Å²) in [5.74, 6) is 5.89. The number of carbonyl (C=O) groups is 1. The summed E-state index contributed by atoms with van der Waals surface area (Å²) < 4.78 is 1.60. The van der Waals surface area contributed by atoms with Crippen LogP contribution in [0.5, 0.6) is 0 Å². The average molecular weight is 296 g/mol. The van der Waals surface area contributed by atoms with Gasteiger partial charge in [-0.25, -0.2) is 15.8 Å². The minimum Gasteiger partial charge on any atom is -0.350 e. The number of rotatable bonds is 5. The minimum atomic E-state index is -0.372. The Kier molecular flexibility index (Phi) is 4.49. The molecule has 8 nitrogen and oxygen atoms in total. The van der Waals surface area contributed by atoms with Crippen molar-refractivity contribution in [2.45, 2.75) is 6.42 Å². The molecule has 106 valence electrons. The molecule has 0 atom stereocenters. The number of hydrogen-bond donors (Lipinski definition) is 3. The van der Waals surface area contributed by atoms with E-state index in [4.69, 9.17) is 17.4 Å². The van der Waals surface area contributed by atoms with Crippen LogP contribution in [-0.4, -0.2) is 32.2 Å². The van der Waals surface area contributed by atoms with E-state index in [2.05, 4.69) is 25.8 Å². The summed E-state index contributed by atoms with van der Waals surface area (Å²) >= 11 is 5.93. The zero-order valence-corrected chi connectivity index (χ0v) is 11.6. The molecule has 4 N–H and O–H groups in total. The molecule has 1 amide bonds. The smallest absolute Gasteiger partial charge is 0.271 e. The minimum absolute atomic E-state index is 0.121. The van der Waals surface area contributed by atoms with Gasteiger partial charge in [-0.15, -0.1) is 0 Å². The highest BCUT2D eigenvalue weighted by molar-refractivity contribution is 6.33. The summed E-state index contributed by atoms with van der Waals surface area (Å²) in [7, 11) is 1.78. The maximum Gasteiger partial charge on any atom is 0.271 e. The van der Waals surface area contributed by atoms with Gasteiger partial charge in [0.2, 0.25) is 0 Å². The van der Waals surface area contributed by atoms with Gasteiger partial charge in [0.1, 0.15) is 17.8 Å². The summed E-state index contributed by atoms with van der Waals surface area (Å²) in [4.78, 5) is 20.0. The molecular weight excluding hydrogens is 282 g/mol.